The number of carbonyl (C=O) groups excluding carboxylic acids is 1. The van der Waals surface area contributed by atoms with Gasteiger partial charge in [0.25, 0.3) is 0 Å². The average molecular weight is 348 g/mol. The van der Waals surface area contributed by atoms with E-state index in [0.717, 1.165) is 22.2 Å². The Morgan fingerprint density at radius 3 is 2.96 bits per heavy atom. The molecule has 2 aliphatic rings. The van der Waals surface area contributed by atoms with Crippen LogP contribution in [-0.4, -0.2) is 35.5 Å². The molecule has 0 N–H and O–H groups in total. The Hall–Kier alpha value is -1.27. The number of ether oxygens (including phenoxy) is 1. The van der Waals surface area contributed by atoms with Crippen molar-refractivity contribution in [1.82, 2.24) is 0 Å². The van der Waals surface area contributed by atoms with E-state index in [2.05, 4.69) is 24.0 Å². The molecule has 1 fully saturated rings. The monoisotopic (exact) mass is 348 g/mol. The van der Waals surface area contributed by atoms with Gasteiger partial charge >= 0.3 is 5.97 Å². The highest BCUT2D eigenvalue weighted by molar-refractivity contribution is 8.13. The Morgan fingerprint density at radius 2 is 2.17 bits per heavy atom. The first-order chi connectivity index (χ1) is 11.2. The molecule has 2 unspecified atom stereocenters. The van der Waals surface area contributed by atoms with Crippen LogP contribution in [0.15, 0.2) is 39.1 Å². The van der Waals surface area contributed by atoms with Crippen molar-refractivity contribution in [2.75, 3.05) is 18.6 Å². The zero-order valence-electron chi connectivity index (χ0n) is 13.3. The summed E-state index contributed by atoms with van der Waals surface area (Å²) < 4.78 is 5.22. The Balaban J connectivity index is 1.94. The lowest BCUT2D eigenvalue weighted by atomic mass is 9.90. The first-order valence-corrected chi connectivity index (χ1v) is 10.0. The molecule has 1 aromatic rings. The number of carbonyl (C=O) groups is 1. The van der Waals surface area contributed by atoms with Crippen molar-refractivity contribution in [3.8, 4) is 0 Å². The van der Waals surface area contributed by atoms with Gasteiger partial charge in [-0.3, -0.25) is 9.79 Å². The lowest BCUT2D eigenvalue weighted by Crippen LogP contribution is -2.28. The van der Waals surface area contributed by atoms with E-state index >= 15 is 0 Å². The molecule has 1 saturated heterocycles. The molecule has 0 aromatic heterocycles. The first-order valence-electron chi connectivity index (χ1n) is 7.82. The molecule has 122 valence electrons. The van der Waals surface area contributed by atoms with Gasteiger partial charge < -0.3 is 4.74 Å². The topological polar surface area (TPSA) is 51.0 Å². The highest BCUT2D eigenvalue weighted by Gasteiger charge is 2.43. The fourth-order valence-corrected chi connectivity index (χ4v) is 4.36. The number of aliphatic imine (C=N–C) groups is 2. The molecule has 1 aromatic carbocycles. The minimum Gasteiger partial charge on any atom is -0.459 e. The van der Waals surface area contributed by atoms with E-state index in [-0.39, 0.29) is 17.9 Å². The van der Waals surface area contributed by atoms with Gasteiger partial charge in [-0.05, 0) is 30.1 Å². The lowest BCUT2D eigenvalue weighted by molar-refractivity contribution is -0.141. The van der Waals surface area contributed by atoms with Crippen LogP contribution in [0, 0.1) is 5.92 Å². The Bertz CT molecular complexity index is 658. The third-order valence-corrected chi connectivity index (χ3v) is 5.69. The number of amidine groups is 1. The maximum Gasteiger partial charge on any atom is 0.317 e. The van der Waals surface area contributed by atoms with Crippen molar-refractivity contribution in [2.45, 2.75) is 30.7 Å². The smallest absolute Gasteiger partial charge is 0.317 e. The van der Waals surface area contributed by atoms with Gasteiger partial charge in [0.15, 0.2) is 5.17 Å². The molecule has 23 heavy (non-hydrogen) atoms. The van der Waals surface area contributed by atoms with E-state index in [1.807, 2.05) is 30.2 Å². The molecule has 0 amide bonds. The van der Waals surface area contributed by atoms with Crippen molar-refractivity contribution in [3.63, 3.8) is 0 Å². The van der Waals surface area contributed by atoms with Crippen LogP contribution in [0.5, 0.6) is 0 Å². The molecular weight excluding hydrogens is 328 g/mol. The Morgan fingerprint density at radius 1 is 1.35 bits per heavy atom. The van der Waals surface area contributed by atoms with Crippen LogP contribution < -0.4 is 0 Å². The fourth-order valence-electron chi connectivity index (χ4n) is 2.75. The highest BCUT2D eigenvalue weighted by atomic mass is 32.2. The van der Waals surface area contributed by atoms with Crippen molar-refractivity contribution in [1.29, 1.82) is 0 Å². The number of cyclic esters (lactones) is 1. The standard InChI is InChI=1S/C17H20N2O2S2/c1-3-4-9-23-13-8-6-5-7-11(13)15-14-12(10-21-16(14)20)18-17(19-15)22-2/h5-8,14-15H,3-4,9-10H2,1-2H3. The summed E-state index contributed by atoms with van der Waals surface area (Å²) in [6.07, 6.45) is 4.32. The molecule has 2 aliphatic heterocycles. The molecule has 6 heteroatoms. The second-order valence-electron chi connectivity index (χ2n) is 5.49. The van der Waals surface area contributed by atoms with Crippen LogP contribution >= 0.6 is 23.5 Å². The van der Waals surface area contributed by atoms with Crippen molar-refractivity contribution < 1.29 is 9.53 Å². The summed E-state index contributed by atoms with van der Waals surface area (Å²) >= 11 is 3.35. The predicted octanol–water partition coefficient (Wildman–Crippen LogP) is 3.97. The molecule has 0 aliphatic carbocycles. The molecule has 4 nitrogen and oxygen atoms in total. The first kappa shape index (κ1) is 16.6. The summed E-state index contributed by atoms with van der Waals surface area (Å²) in [7, 11) is 0. The van der Waals surface area contributed by atoms with Gasteiger partial charge in [-0.1, -0.05) is 43.3 Å². The van der Waals surface area contributed by atoms with Crippen LogP contribution in [0.1, 0.15) is 31.4 Å². The minimum atomic E-state index is -0.362. The summed E-state index contributed by atoms with van der Waals surface area (Å²) in [6.45, 7) is 2.49. The van der Waals surface area contributed by atoms with E-state index in [1.165, 1.54) is 29.5 Å². The van der Waals surface area contributed by atoms with E-state index in [4.69, 9.17) is 9.73 Å². The largest absolute Gasteiger partial charge is 0.459 e. The molecule has 0 radical (unpaired) electrons. The van der Waals surface area contributed by atoms with Gasteiger partial charge in [0.1, 0.15) is 12.5 Å². The van der Waals surface area contributed by atoms with E-state index in [0.29, 0.717) is 6.61 Å². The van der Waals surface area contributed by atoms with Crippen LogP contribution in [0.2, 0.25) is 0 Å². The molecule has 0 saturated carbocycles. The van der Waals surface area contributed by atoms with Gasteiger partial charge in [0.05, 0.1) is 11.8 Å². The zero-order chi connectivity index (χ0) is 16.2. The molecule has 2 heterocycles. The van der Waals surface area contributed by atoms with E-state index in [1.54, 1.807) is 0 Å². The summed E-state index contributed by atoms with van der Waals surface area (Å²) in [5.74, 6) is 0.514. The maximum atomic E-state index is 12.2. The molecule has 0 bridgehead atoms. The molecule has 2 atom stereocenters. The number of hydrogen-bond acceptors (Lipinski definition) is 6. The third-order valence-electron chi connectivity index (χ3n) is 3.96. The third kappa shape index (κ3) is 3.48. The highest BCUT2D eigenvalue weighted by Crippen LogP contribution is 2.40. The zero-order valence-corrected chi connectivity index (χ0v) is 15.0. The lowest BCUT2D eigenvalue weighted by Gasteiger charge is -2.24. The van der Waals surface area contributed by atoms with Gasteiger partial charge in [0.2, 0.25) is 0 Å². The van der Waals surface area contributed by atoms with Crippen LogP contribution in [0.3, 0.4) is 0 Å². The molecule has 0 spiro atoms. The van der Waals surface area contributed by atoms with Gasteiger partial charge in [-0.15, -0.1) is 11.8 Å². The Kier molecular flexibility index (Phi) is 5.43. The van der Waals surface area contributed by atoms with Crippen LogP contribution in [0.25, 0.3) is 0 Å². The summed E-state index contributed by atoms with van der Waals surface area (Å²) in [5, 5.41) is 0.730. The average Bonchev–Trinajstić information content (AvgIpc) is 2.96. The number of thioether (sulfide) groups is 2. The van der Waals surface area contributed by atoms with Crippen molar-refractivity contribution >= 4 is 40.4 Å². The van der Waals surface area contributed by atoms with E-state index in [9.17, 15) is 4.79 Å². The second kappa shape index (κ2) is 7.53. The van der Waals surface area contributed by atoms with E-state index < -0.39 is 0 Å². The molecular formula is C17H20N2O2S2. The van der Waals surface area contributed by atoms with Crippen molar-refractivity contribution in [2.24, 2.45) is 15.9 Å². The molecule has 3 rings (SSSR count). The quantitative estimate of drug-likeness (QED) is 0.459. The van der Waals surface area contributed by atoms with Gasteiger partial charge in [-0.25, -0.2) is 4.99 Å². The number of nitrogens with zero attached hydrogens (tertiary/aromatic N) is 2. The second-order valence-corrected chi connectivity index (χ2v) is 7.40. The van der Waals surface area contributed by atoms with Crippen molar-refractivity contribution in [3.05, 3.63) is 29.8 Å². The minimum absolute atomic E-state index is 0.203. The summed E-state index contributed by atoms with van der Waals surface area (Å²) in [4.78, 5) is 22.6. The fraction of sp³-hybridized carbons (Fsp3) is 0.471. The number of esters is 1. The number of rotatable bonds is 5. The Labute approximate surface area is 145 Å². The normalized spacial score (nSPS) is 23.1. The SMILES string of the molecule is CCCCSc1ccccc1C1N=C(SC)N=C2COC(=O)C21. The number of benzene rings is 1. The van der Waals surface area contributed by atoms with Crippen LogP contribution in [0.4, 0.5) is 0 Å². The number of fused-ring (bicyclic) bond motifs is 1. The van der Waals surface area contributed by atoms with Gasteiger partial charge in [0, 0.05) is 4.90 Å². The summed E-state index contributed by atoms with van der Waals surface area (Å²) in [6, 6.07) is 8.04. The number of unbranched alkanes of at least 4 members (excludes halogenated alkanes) is 1. The summed E-state index contributed by atoms with van der Waals surface area (Å²) in [5.41, 5.74) is 1.92. The maximum absolute atomic E-state index is 12.2. The predicted molar refractivity (Wildman–Crippen MR) is 97.6 cm³/mol. The number of hydrogen-bond donors (Lipinski definition) is 0. The van der Waals surface area contributed by atoms with Crippen LogP contribution in [-0.2, 0) is 9.53 Å². The van der Waals surface area contributed by atoms with Gasteiger partial charge in [-0.2, -0.15) is 0 Å².